The van der Waals surface area contributed by atoms with E-state index < -0.39 is 5.97 Å². The van der Waals surface area contributed by atoms with Crippen molar-refractivity contribution in [3.8, 4) is 11.5 Å². The molecule has 7 heteroatoms. The zero-order valence-electron chi connectivity index (χ0n) is 17.7. The first kappa shape index (κ1) is 22.1. The lowest BCUT2D eigenvalue weighted by Crippen LogP contribution is -2.21. The number of methoxy groups -OCH3 is 2. The maximum atomic E-state index is 11.5. The number of aromatic carboxylic acids is 1. The molecule has 0 radical (unpaired) electrons. The minimum absolute atomic E-state index is 0.231. The van der Waals surface area contributed by atoms with Crippen LogP contribution in [0, 0.1) is 0 Å². The molecule has 3 aromatic rings. The second-order valence-electron chi connectivity index (χ2n) is 6.79. The molecule has 162 valence electrons. The highest BCUT2D eigenvalue weighted by molar-refractivity contribution is 5.89. The number of carboxylic acid groups (broad SMARTS) is 1. The molecule has 0 aliphatic carbocycles. The molecule has 0 saturated carbocycles. The van der Waals surface area contributed by atoms with Crippen molar-refractivity contribution < 1.29 is 24.1 Å². The average Bonchev–Trinajstić information content (AvgIpc) is 2.80. The lowest BCUT2D eigenvalue weighted by atomic mass is 10.1. The predicted molar refractivity (Wildman–Crippen MR) is 119 cm³/mol. The summed E-state index contributed by atoms with van der Waals surface area (Å²) < 4.78 is 16.3. The summed E-state index contributed by atoms with van der Waals surface area (Å²) in [6.07, 6.45) is 4.31. The van der Waals surface area contributed by atoms with Gasteiger partial charge < -0.3 is 24.2 Å². The van der Waals surface area contributed by atoms with E-state index in [9.17, 15) is 9.90 Å². The van der Waals surface area contributed by atoms with Crippen LogP contribution < -0.4 is 14.4 Å². The number of aromatic nitrogens is 1. The van der Waals surface area contributed by atoms with Gasteiger partial charge in [-0.05, 0) is 48.4 Å². The number of carboxylic acids is 1. The predicted octanol–water partition coefficient (Wildman–Crippen LogP) is 4.19. The minimum atomic E-state index is -0.965. The fourth-order valence-corrected chi connectivity index (χ4v) is 3.18. The molecule has 0 aliphatic heterocycles. The molecule has 0 saturated heterocycles. The van der Waals surface area contributed by atoms with E-state index in [4.69, 9.17) is 14.2 Å². The molecule has 0 unspecified atom stereocenters. The zero-order chi connectivity index (χ0) is 22.1. The van der Waals surface area contributed by atoms with Gasteiger partial charge in [-0.15, -0.1) is 0 Å². The van der Waals surface area contributed by atoms with E-state index >= 15 is 0 Å². The quantitative estimate of drug-likeness (QED) is 0.464. The average molecular weight is 422 g/mol. The van der Waals surface area contributed by atoms with Gasteiger partial charge >= 0.3 is 5.97 Å². The van der Waals surface area contributed by atoms with Crippen LogP contribution in [-0.2, 0) is 11.2 Å². The maximum Gasteiger partial charge on any atom is 0.335 e. The second kappa shape index (κ2) is 11.0. The first-order valence-corrected chi connectivity index (χ1v) is 9.92. The molecule has 0 aliphatic rings. The summed E-state index contributed by atoms with van der Waals surface area (Å²) in [6.45, 7) is 1.47. The normalized spacial score (nSPS) is 10.5. The van der Waals surface area contributed by atoms with Crippen molar-refractivity contribution in [2.45, 2.75) is 6.42 Å². The number of benzene rings is 2. The van der Waals surface area contributed by atoms with E-state index in [1.807, 2.05) is 42.6 Å². The molecule has 3 rings (SSSR count). The van der Waals surface area contributed by atoms with Crippen LogP contribution in [0.2, 0.25) is 0 Å². The van der Waals surface area contributed by atoms with Crippen molar-refractivity contribution in [3.05, 3.63) is 78.1 Å². The zero-order valence-corrected chi connectivity index (χ0v) is 17.7. The molecule has 0 spiro atoms. The van der Waals surface area contributed by atoms with Gasteiger partial charge in [0.25, 0.3) is 0 Å². The van der Waals surface area contributed by atoms with E-state index in [1.165, 1.54) is 0 Å². The van der Waals surface area contributed by atoms with Gasteiger partial charge in [0, 0.05) is 43.5 Å². The van der Waals surface area contributed by atoms with Gasteiger partial charge in [-0.2, -0.15) is 0 Å². The Bertz CT molecular complexity index is 994. The van der Waals surface area contributed by atoms with Gasteiger partial charge in [0.1, 0.15) is 6.61 Å². The molecular weight excluding hydrogens is 396 g/mol. The Morgan fingerprint density at radius 2 is 1.84 bits per heavy atom. The summed E-state index contributed by atoms with van der Waals surface area (Å²) in [5, 5.41) is 9.43. The topological polar surface area (TPSA) is 81.1 Å². The Kier molecular flexibility index (Phi) is 7.84. The van der Waals surface area contributed by atoms with E-state index in [2.05, 4.69) is 9.88 Å². The number of anilines is 2. The van der Waals surface area contributed by atoms with E-state index in [0.29, 0.717) is 31.3 Å². The van der Waals surface area contributed by atoms with E-state index in [0.717, 1.165) is 23.4 Å². The van der Waals surface area contributed by atoms with Crippen LogP contribution in [0.25, 0.3) is 0 Å². The van der Waals surface area contributed by atoms with Crippen molar-refractivity contribution in [1.82, 2.24) is 4.98 Å². The molecule has 1 aromatic heterocycles. The first-order valence-electron chi connectivity index (χ1n) is 9.92. The summed E-state index contributed by atoms with van der Waals surface area (Å²) in [5.74, 6) is 0.247. The van der Waals surface area contributed by atoms with Crippen molar-refractivity contribution in [2.24, 2.45) is 0 Å². The van der Waals surface area contributed by atoms with E-state index in [-0.39, 0.29) is 5.56 Å². The highest BCUT2D eigenvalue weighted by atomic mass is 16.5. The second-order valence-corrected chi connectivity index (χ2v) is 6.79. The number of hydrogen-bond donors (Lipinski definition) is 1. The number of carbonyl (C=O) groups is 1. The lowest BCUT2D eigenvalue weighted by Gasteiger charge is -2.26. The smallest absolute Gasteiger partial charge is 0.335 e. The molecule has 0 atom stereocenters. The molecule has 1 heterocycles. The Morgan fingerprint density at radius 1 is 1.00 bits per heavy atom. The number of nitrogens with zero attached hydrogens (tertiary/aromatic N) is 2. The maximum absolute atomic E-state index is 11.5. The van der Waals surface area contributed by atoms with Gasteiger partial charge in [0.2, 0.25) is 0 Å². The van der Waals surface area contributed by atoms with E-state index in [1.54, 1.807) is 38.6 Å². The van der Waals surface area contributed by atoms with Crippen LogP contribution in [0.1, 0.15) is 15.9 Å². The standard InChI is InChI=1S/C24H26N2O5/c1-29-13-14-31-23-16-21(8-9-22(23)30-2)26(12-10-18-5-4-11-25-17-18)20-7-3-6-19(15-20)24(27)28/h3-9,11,15-17H,10,12-14H2,1-2H3,(H,27,28). The van der Waals surface area contributed by atoms with Crippen LogP contribution in [-0.4, -0.2) is 50.0 Å². The SMILES string of the molecule is COCCOc1cc(N(CCc2cccnc2)c2cccc(C(=O)O)c2)ccc1OC. The number of hydrogen-bond acceptors (Lipinski definition) is 6. The van der Waals surface area contributed by atoms with Crippen LogP contribution in [0.5, 0.6) is 11.5 Å². The fraction of sp³-hybridized carbons (Fsp3) is 0.250. The minimum Gasteiger partial charge on any atom is -0.493 e. The molecule has 31 heavy (non-hydrogen) atoms. The number of rotatable bonds is 11. The Labute approximate surface area is 181 Å². The largest absolute Gasteiger partial charge is 0.493 e. The number of ether oxygens (including phenoxy) is 3. The van der Waals surface area contributed by atoms with Crippen molar-refractivity contribution >= 4 is 17.3 Å². The van der Waals surface area contributed by atoms with Crippen LogP contribution >= 0.6 is 0 Å². The third-order valence-electron chi connectivity index (χ3n) is 4.76. The molecule has 0 fully saturated rings. The summed E-state index contributed by atoms with van der Waals surface area (Å²) in [4.78, 5) is 17.7. The molecule has 1 N–H and O–H groups in total. The molecular formula is C24H26N2O5. The third-order valence-corrected chi connectivity index (χ3v) is 4.76. The highest BCUT2D eigenvalue weighted by Gasteiger charge is 2.15. The van der Waals surface area contributed by atoms with Crippen LogP contribution in [0.15, 0.2) is 67.0 Å². The molecule has 2 aromatic carbocycles. The fourth-order valence-electron chi connectivity index (χ4n) is 3.18. The summed E-state index contributed by atoms with van der Waals surface area (Å²) >= 11 is 0. The summed E-state index contributed by atoms with van der Waals surface area (Å²) in [6, 6.07) is 16.5. The number of pyridine rings is 1. The van der Waals surface area contributed by atoms with Gasteiger partial charge in [-0.25, -0.2) is 4.79 Å². The van der Waals surface area contributed by atoms with Crippen molar-refractivity contribution in [3.63, 3.8) is 0 Å². The first-order chi connectivity index (χ1) is 15.1. The lowest BCUT2D eigenvalue weighted by molar-refractivity contribution is 0.0697. The Morgan fingerprint density at radius 3 is 2.55 bits per heavy atom. The van der Waals surface area contributed by atoms with Gasteiger partial charge in [0.05, 0.1) is 19.3 Å². The monoisotopic (exact) mass is 422 g/mol. The van der Waals surface area contributed by atoms with Crippen LogP contribution in [0.4, 0.5) is 11.4 Å². The summed E-state index contributed by atoms with van der Waals surface area (Å²) in [5.41, 5.74) is 2.96. The van der Waals surface area contributed by atoms with Crippen molar-refractivity contribution in [2.75, 3.05) is 38.9 Å². The van der Waals surface area contributed by atoms with Gasteiger partial charge in [0.15, 0.2) is 11.5 Å². The summed E-state index contributed by atoms with van der Waals surface area (Å²) in [7, 11) is 3.21. The highest BCUT2D eigenvalue weighted by Crippen LogP contribution is 2.35. The third kappa shape index (κ3) is 5.96. The van der Waals surface area contributed by atoms with Gasteiger partial charge in [-0.3, -0.25) is 4.98 Å². The Balaban J connectivity index is 1.95. The van der Waals surface area contributed by atoms with Crippen molar-refractivity contribution in [1.29, 1.82) is 0 Å². The van der Waals surface area contributed by atoms with Gasteiger partial charge in [-0.1, -0.05) is 12.1 Å². The Hall–Kier alpha value is -3.58. The molecule has 7 nitrogen and oxygen atoms in total. The van der Waals surface area contributed by atoms with Crippen LogP contribution in [0.3, 0.4) is 0 Å². The molecule has 0 amide bonds. The molecule has 0 bridgehead atoms.